The minimum absolute atomic E-state index is 0.799. The van der Waals surface area contributed by atoms with Gasteiger partial charge in [0.05, 0.1) is 0 Å². The van der Waals surface area contributed by atoms with Crippen molar-refractivity contribution in [2.45, 2.75) is 77.3 Å². The van der Waals surface area contributed by atoms with E-state index in [0.29, 0.717) is 0 Å². The number of nitrogens with one attached hydrogen (secondary N) is 1. The van der Waals surface area contributed by atoms with E-state index in [0.717, 1.165) is 23.9 Å². The highest BCUT2D eigenvalue weighted by molar-refractivity contribution is 4.80. The smallest absolute Gasteiger partial charge is 0.0118 e. The summed E-state index contributed by atoms with van der Waals surface area (Å²) < 4.78 is 0. The van der Waals surface area contributed by atoms with Crippen LogP contribution in [0.15, 0.2) is 0 Å². The third kappa shape index (κ3) is 4.75. The zero-order chi connectivity index (χ0) is 13.7. The van der Waals surface area contributed by atoms with Crippen molar-refractivity contribution < 1.29 is 0 Å². The van der Waals surface area contributed by atoms with E-state index in [1.165, 1.54) is 64.5 Å². The molecule has 0 aromatic heterocycles. The lowest BCUT2D eigenvalue weighted by Crippen LogP contribution is -2.44. The maximum Gasteiger partial charge on any atom is 0.0118 e. The highest BCUT2D eigenvalue weighted by Crippen LogP contribution is 2.27. The van der Waals surface area contributed by atoms with Gasteiger partial charge >= 0.3 is 0 Å². The van der Waals surface area contributed by atoms with Crippen LogP contribution in [0.3, 0.4) is 0 Å². The number of hydrogen-bond acceptors (Lipinski definition) is 2. The topological polar surface area (TPSA) is 15.3 Å². The first kappa shape index (κ1) is 15.3. The lowest BCUT2D eigenvalue weighted by atomic mass is 9.85. The van der Waals surface area contributed by atoms with Gasteiger partial charge in [-0.15, -0.1) is 0 Å². The van der Waals surface area contributed by atoms with E-state index in [-0.39, 0.29) is 0 Å². The first-order chi connectivity index (χ1) is 9.16. The van der Waals surface area contributed by atoms with Crippen LogP contribution in [-0.4, -0.2) is 37.1 Å². The highest BCUT2D eigenvalue weighted by Gasteiger charge is 2.24. The van der Waals surface area contributed by atoms with Gasteiger partial charge < -0.3 is 10.2 Å². The van der Waals surface area contributed by atoms with Crippen molar-refractivity contribution in [2.75, 3.05) is 20.1 Å². The Kier molecular flexibility index (Phi) is 6.15. The summed E-state index contributed by atoms with van der Waals surface area (Å²) in [5, 5.41) is 3.79. The molecule has 0 saturated heterocycles. The van der Waals surface area contributed by atoms with Crippen LogP contribution in [0.25, 0.3) is 0 Å². The summed E-state index contributed by atoms with van der Waals surface area (Å²) in [6.07, 6.45) is 11.4. The Hall–Kier alpha value is -0.0800. The molecule has 2 aliphatic rings. The summed E-state index contributed by atoms with van der Waals surface area (Å²) in [6, 6.07) is 1.63. The molecule has 19 heavy (non-hydrogen) atoms. The fraction of sp³-hybridized carbons (Fsp3) is 1.00. The summed E-state index contributed by atoms with van der Waals surface area (Å²) in [7, 11) is 2.33. The Morgan fingerprint density at radius 2 is 1.63 bits per heavy atom. The van der Waals surface area contributed by atoms with Crippen LogP contribution >= 0.6 is 0 Å². The molecular weight excluding hydrogens is 232 g/mol. The predicted molar refractivity (Wildman–Crippen MR) is 83.5 cm³/mol. The van der Waals surface area contributed by atoms with Crippen LogP contribution in [0.5, 0.6) is 0 Å². The molecule has 112 valence electrons. The second-order valence-electron chi connectivity index (χ2n) is 7.22. The average molecular weight is 266 g/mol. The zero-order valence-corrected chi connectivity index (χ0v) is 13.3. The summed E-state index contributed by atoms with van der Waals surface area (Å²) in [6.45, 7) is 7.24. The van der Waals surface area contributed by atoms with E-state index >= 15 is 0 Å². The van der Waals surface area contributed by atoms with E-state index in [2.05, 4.69) is 31.1 Å². The fourth-order valence-corrected chi connectivity index (χ4v) is 4.03. The Balaban J connectivity index is 1.62. The average Bonchev–Trinajstić information content (AvgIpc) is 2.41. The normalized spacial score (nSPS) is 36.6. The molecular formula is C17H34N2. The highest BCUT2D eigenvalue weighted by atomic mass is 15.1. The van der Waals surface area contributed by atoms with Crippen LogP contribution in [0.2, 0.25) is 0 Å². The first-order valence-corrected chi connectivity index (χ1v) is 8.60. The van der Waals surface area contributed by atoms with Crippen molar-refractivity contribution >= 4 is 0 Å². The lowest BCUT2D eigenvalue weighted by molar-refractivity contribution is 0.138. The minimum atomic E-state index is 0.799. The van der Waals surface area contributed by atoms with Gasteiger partial charge in [0.15, 0.2) is 0 Å². The van der Waals surface area contributed by atoms with Crippen LogP contribution in [-0.2, 0) is 0 Å². The van der Waals surface area contributed by atoms with E-state index in [1.54, 1.807) is 0 Å². The van der Waals surface area contributed by atoms with Crippen LogP contribution in [0.1, 0.15) is 65.2 Å². The number of nitrogens with zero attached hydrogens (tertiary/aromatic N) is 1. The molecule has 2 unspecified atom stereocenters. The van der Waals surface area contributed by atoms with E-state index in [9.17, 15) is 0 Å². The molecule has 2 rings (SSSR count). The molecule has 0 aromatic carbocycles. The molecule has 0 amide bonds. The molecule has 2 saturated carbocycles. The first-order valence-electron chi connectivity index (χ1n) is 8.60. The molecule has 1 N–H and O–H groups in total. The largest absolute Gasteiger partial charge is 0.313 e. The van der Waals surface area contributed by atoms with E-state index in [1.807, 2.05) is 0 Å². The van der Waals surface area contributed by atoms with Crippen LogP contribution < -0.4 is 5.32 Å². The monoisotopic (exact) mass is 266 g/mol. The second-order valence-corrected chi connectivity index (χ2v) is 7.22. The number of rotatable bonds is 5. The Labute approximate surface area is 120 Å². The summed E-state index contributed by atoms with van der Waals surface area (Å²) in [5.74, 6) is 1.86. The summed E-state index contributed by atoms with van der Waals surface area (Å²) in [5.41, 5.74) is 0. The van der Waals surface area contributed by atoms with Crippen LogP contribution in [0, 0.1) is 11.8 Å². The summed E-state index contributed by atoms with van der Waals surface area (Å²) in [4.78, 5) is 2.61. The lowest BCUT2D eigenvalue weighted by Gasteiger charge is -2.37. The van der Waals surface area contributed by atoms with Crippen molar-refractivity contribution in [1.29, 1.82) is 0 Å². The summed E-state index contributed by atoms with van der Waals surface area (Å²) >= 11 is 0. The molecule has 2 atom stereocenters. The molecule has 0 aliphatic heterocycles. The molecule has 2 nitrogen and oxygen atoms in total. The van der Waals surface area contributed by atoms with Crippen molar-refractivity contribution in [1.82, 2.24) is 10.2 Å². The van der Waals surface area contributed by atoms with Gasteiger partial charge in [0.1, 0.15) is 0 Å². The zero-order valence-electron chi connectivity index (χ0n) is 13.3. The van der Waals surface area contributed by atoms with Gasteiger partial charge in [-0.05, 0) is 57.4 Å². The predicted octanol–water partition coefficient (Wildman–Crippen LogP) is 3.67. The van der Waals surface area contributed by atoms with Gasteiger partial charge in [-0.25, -0.2) is 0 Å². The maximum atomic E-state index is 3.79. The van der Waals surface area contributed by atoms with Crippen molar-refractivity contribution in [3.8, 4) is 0 Å². The van der Waals surface area contributed by atoms with Crippen molar-refractivity contribution in [2.24, 2.45) is 11.8 Å². The van der Waals surface area contributed by atoms with Gasteiger partial charge in [-0.1, -0.05) is 26.7 Å². The molecule has 0 radical (unpaired) electrons. The molecule has 0 bridgehead atoms. The van der Waals surface area contributed by atoms with E-state index < -0.39 is 0 Å². The van der Waals surface area contributed by atoms with Crippen LogP contribution in [0.4, 0.5) is 0 Å². The Bertz CT molecular complexity index is 246. The standard InChI is InChI=1S/C17H34N2/c1-14-8-10-16(11-9-14)18-12-13-19(3)17-7-5-4-6-15(17)2/h14-18H,4-13H2,1-3H3. The Morgan fingerprint density at radius 3 is 2.32 bits per heavy atom. The Morgan fingerprint density at radius 1 is 0.947 bits per heavy atom. The molecule has 2 aliphatic carbocycles. The fourth-order valence-electron chi connectivity index (χ4n) is 4.03. The second kappa shape index (κ2) is 7.64. The number of likely N-dealkylation sites (N-methyl/N-ethyl adjacent to an activating group) is 1. The van der Waals surface area contributed by atoms with Gasteiger partial charge in [-0.2, -0.15) is 0 Å². The van der Waals surface area contributed by atoms with Crippen molar-refractivity contribution in [3.63, 3.8) is 0 Å². The van der Waals surface area contributed by atoms with Gasteiger partial charge in [0, 0.05) is 25.2 Å². The van der Waals surface area contributed by atoms with Gasteiger partial charge in [0.25, 0.3) is 0 Å². The maximum absolute atomic E-state index is 3.79. The third-order valence-corrected chi connectivity index (χ3v) is 5.55. The molecule has 0 spiro atoms. The molecule has 2 fully saturated rings. The third-order valence-electron chi connectivity index (χ3n) is 5.55. The van der Waals surface area contributed by atoms with E-state index in [4.69, 9.17) is 0 Å². The SMILES string of the molecule is CC1CCC(NCCN(C)C2CCCCC2C)CC1. The quantitative estimate of drug-likeness (QED) is 0.817. The molecule has 0 aromatic rings. The van der Waals surface area contributed by atoms with Gasteiger partial charge in [-0.3, -0.25) is 0 Å². The van der Waals surface area contributed by atoms with Gasteiger partial charge in [0.2, 0.25) is 0 Å². The van der Waals surface area contributed by atoms with Crippen molar-refractivity contribution in [3.05, 3.63) is 0 Å². The number of hydrogen-bond donors (Lipinski definition) is 1. The molecule has 0 heterocycles. The molecule has 2 heteroatoms. The minimum Gasteiger partial charge on any atom is -0.313 e.